The van der Waals surface area contributed by atoms with Gasteiger partial charge in [0.1, 0.15) is 12.1 Å². The standard InChI is InChI=1S/C23H34N4O3/c1-5-17-9-11-18(12-10-17)19(26(3)4)14-24-20(28)15-27-21(29)23(25-22(27)30)13-7-6-8-16(23)2/h9-12,16,19H,5-8,13-15H2,1-4H3,(H,24,28)(H,25,30). The van der Waals surface area contributed by atoms with Gasteiger partial charge in [0.05, 0.1) is 6.04 Å². The second-order valence-electron chi connectivity index (χ2n) is 8.82. The van der Waals surface area contributed by atoms with E-state index >= 15 is 0 Å². The number of urea groups is 1. The van der Waals surface area contributed by atoms with Gasteiger partial charge in [-0.2, -0.15) is 0 Å². The van der Waals surface area contributed by atoms with E-state index < -0.39 is 11.6 Å². The van der Waals surface area contributed by atoms with Crippen LogP contribution in [-0.4, -0.2) is 60.4 Å². The number of hydrogen-bond acceptors (Lipinski definition) is 4. The number of benzene rings is 1. The molecule has 3 atom stereocenters. The quantitative estimate of drug-likeness (QED) is 0.672. The fourth-order valence-electron chi connectivity index (χ4n) is 4.62. The molecule has 4 amide bonds. The Kier molecular flexibility index (Phi) is 6.81. The summed E-state index contributed by atoms with van der Waals surface area (Å²) in [4.78, 5) is 41.2. The van der Waals surface area contributed by atoms with Crippen molar-refractivity contribution >= 4 is 17.8 Å². The highest BCUT2D eigenvalue weighted by Gasteiger charge is 2.55. The summed E-state index contributed by atoms with van der Waals surface area (Å²) in [6.07, 6.45) is 4.52. The number of nitrogens with zero attached hydrogens (tertiary/aromatic N) is 2. The van der Waals surface area contributed by atoms with E-state index in [0.29, 0.717) is 13.0 Å². The van der Waals surface area contributed by atoms with Crippen molar-refractivity contribution in [3.8, 4) is 0 Å². The van der Waals surface area contributed by atoms with Gasteiger partial charge in [-0.25, -0.2) is 4.79 Å². The van der Waals surface area contributed by atoms with Gasteiger partial charge in [0.25, 0.3) is 5.91 Å². The van der Waals surface area contributed by atoms with E-state index in [1.165, 1.54) is 5.56 Å². The summed E-state index contributed by atoms with van der Waals surface area (Å²) in [5, 5.41) is 5.80. The van der Waals surface area contributed by atoms with Crippen LogP contribution in [0.1, 0.15) is 56.7 Å². The van der Waals surface area contributed by atoms with E-state index in [2.05, 4.69) is 41.8 Å². The first kappa shape index (κ1) is 22.3. The van der Waals surface area contributed by atoms with Crippen molar-refractivity contribution in [2.75, 3.05) is 27.2 Å². The molecule has 3 rings (SSSR count). The van der Waals surface area contributed by atoms with Crippen molar-refractivity contribution in [3.63, 3.8) is 0 Å². The number of carbonyl (C=O) groups excluding carboxylic acids is 3. The lowest BCUT2D eigenvalue weighted by atomic mass is 9.73. The molecule has 1 saturated carbocycles. The van der Waals surface area contributed by atoms with Crippen LogP contribution >= 0.6 is 0 Å². The second kappa shape index (κ2) is 9.16. The van der Waals surface area contributed by atoms with Gasteiger partial charge in [-0.1, -0.05) is 51.0 Å². The predicted octanol–water partition coefficient (Wildman–Crippen LogP) is 2.47. The molecule has 1 aromatic carbocycles. The minimum absolute atomic E-state index is 0.00710. The molecule has 7 heteroatoms. The van der Waals surface area contributed by atoms with Gasteiger partial charge in [0.15, 0.2) is 0 Å². The van der Waals surface area contributed by atoms with Gasteiger partial charge in [0.2, 0.25) is 5.91 Å². The zero-order chi connectivity index (χ0) is 21.9. The molecule has 2 aliphatic rings. The van der Waals surface area contributed by atoms with Gasteiger partial charge >= 0.3 is 6.03 Å². The molecule has 2 N–H and O–H groups in total. The largest absolute Gasteiger partial charge is 0.353 e. The fraction of sp³-hybridized carbons (Fsp3) is 0.609. The highest BCUT2D eigenvalue weighted by atomic mass is 16.2. The van der Waals surface area contributed by atoms with E-state index in [9.17, 15) is 14.4 Å². The maximum Gasteiger partial charge on any atom is 0.325 e. The molecule has 3 unspecified atom stereocenters. The first-order valence-corrected chi connectivity index (χ1v) is 10.9. The molecule has 1 saturated heterocycles. The average Bonchev–Trinajstić information content (AvgIpc) is 2.95. The minimum Gasteiger partial charge on any atom is -0.353 e. The maximum absolute atomic E-state index is 13.0. The molecule has 7 nitrogen and oxygen atoms in total. The van der Waals surface area contributed by atoms with E-state index in [-0.39, 0.29) is 30.3 Å². The lowest BCUT2D eigenvalue weighted by molar-refractivity contribution is -0.137. The summed E-state index contributed by atoms with van der Waals surface area (Å²) in [6.45, 7) is 4.29. The molecule has 0 bridgehead atoms. The highest BCUT2D eigenvalue weighted by molar-refractivity contribution is 6.09. The molecule has 30 heavy (non-hydrogen) atoms. The van der Waals surface area contributed by atoms with E-state index in [1.54, 1.807) is 0 Å². The van der Waals surface area contributed by atoms with Crippen LogP contribution in [0.15, 0.2) is 24.3 Å². The molecule has 1 aliphatic heterocycles. The van der Waals surface area contributed by atoms with Crippen molar-refractivity contribution in [3.05, 3.63) is 35.4 Å². The van der Waals surface area contributed by atoms with Crippen molar-refractivity contribution in [2.45, 2.75) is 57.5 Å². The third-order valence-electron chi connectivity index (χ3n) is 6.69. The maximum atomic E-state index is 13.0. The molecule has 0 aromatic heterocycles. The van der Waals surface area contributed by atoms with Crippen molar-refractivity contribution < 1.29 is 14.4 Å². The number of amides is 4. The van der Waals surface area contributed by atoms with Crippen molar-refractivity contribution in [2.24, 2.45) is 5.92 Å². The summed E-state index contributed by atoms with van der Waals surface area (Å²) in [6, 6.07) is 7.93. The number of likely N-dealkylation sites (N-methyl/N-ethyl adjacent to an activating group) is 1. The Morgan fingerprint density at radius 2 is 1.97 bits per heavy atom. The fourth-order valence-corrected chi connectivity index (χ4v) is 4.62. The number of imide groups is 1. The SMILES string of the molecule is CCc1ccc(C(CNC(=O)CN2C(=O)NC3(CCCCC3C)C2=O)N(C)C)cc1. The summed E-state index contributed by atoms with van der Waals surface area (Å²) < 4.78 is 0. The Morgan fingerprint density at radius 3 is 2.57 bits per heavy atom. The third-order valence-corrected chi connectivity index (χ3v) is 6.69. The number of hydrogen-bond donors (Lipinski definition) is 2. The molecular formula is C23H34N4O3. The molecular weight excluding hydrogens is 380 g/mol. The monoisotopic (exact) mass is 414 g/mol. The summed E-state index contributed by atoms with van der Waals surface area (Å²) in [7, 11) is 3.94. The van der Waals surface area contributed by atoms with Gasteiger partial charge < -0.3 is 15.5 Å². The Labute approximate surface area is 179 Å². The third kappa shape index (κ3) is 4.36. The number of aryl methyl sites for hydroxylation is 1. The molecule has 164 valence electrons. The first-order chi connectivity index (χ1) is 14.3. The van der Waals surface area contributed by atoms with Crippen LogP contribution in [0.25, 0.3) is 0 Å². The number of rotatable bonds is 7. The summed E-state index contributed by atoms with van der Waals surface area (Å²) in [5.74, 6) is -0.495. The Morgan fingerprint density at radius 1 is 1.27 bits per heavy atom. The van der Waals surface area contributed by atoms with Crippen LogP contribution in [0.3, 0.4) is 0 Å². The van der Waals surface area contributed by atoms with Gasteiger partial charge in [-0.05, 0) is 50.4 Å². The van der Waals surface area contributed by atoms with Crippen LogP contribution in [0.4, 0.5) is 4.79 Å². The van der Waals surface area contributed by atoms with Crippen LogP contribution in [-0.2, 0) is 16.0 Å². The van der Waals surface area contributed by atoms with E-state index in [4.69, 9.17) is 0 Å². The lowest BCUT2D eigenvalue weighted by Gasteiger charge is -2.36. The lowest BCUT2D eigenvalue weighted by Crippen LogP contribution is -2.54. The van der Waals surface area contributed by atoms with Crippen molar-refractivity contribution in [1.82, 2.24) is 20.4 Å². The molecule has 1 aromatic rings. The predicted molar refractivity (Wildman–Crippen MR) is 116 cm³/mol. The average molecular weight is 415 g/mol. The van der Waals surface area contributed by atoms with Gasteiger partial charge in [-0.3, -0.25) is 14.5 Å². The van der Waals surface area contributed by atoms with Crippen LogP contribution in [0, 0.1) is 5.92 Å². The zero-order valence-corrected chi connectivity index (χ0v) is 18.5. The highest BCUT2D eigenvalue weighted by Crippen LogP contribution is 2.38. The van der Waals surface area contributed by atoms with E-state index in [1.807, 2.05) is 25.9 Å². The normalized spacial score (nSPS) is 25.0. The molecule has 0 radical (unpaired) electrons. The van der Waals surface area contributed by atoms with Gasteiger partial charge in [-0.15, -0.1) is 0 Å². The molecule has 1 aliphatic carbocycles. The number of nitrogens with one attached hydrogen (secondary N) is 2. The molecule has 1 heterocycles. The smallest absolute Gasteiger partial charge is 0.325 e. The Hall–Kier alpha value is -2.41. The van der Waals surface area contributed by atoms with Crippen molar-refractivity contribution in [1.29, 1.82) is 0 Å². The Bertz CT molecular complexity index is 792. The molecule has 1 spiro atoms. The van der Waals surface area contributed by atoms with Crippen LogP contribution < -0.4 is 10.6 Å². The number of carbonyl (C=O) groups is 3. The first-order valence-electron chi connectivity index (χ1n) is 10.9. The second-order valence-corrected chi connectivity index (χ2v) is 8.82. The summed E-state index contributed by atoms with van der Waals surface area (Å²) in [5.41, 5.74) is 1.55. The molecule has 2 fully saturated rings. The van der Waals surface area contributed by atoms with E-state index in [0.717, 1.165) is 36.1 Å². The Balaban J connectivity index is 1.61. The topological polar surface area (TPSA) is 81.8 Å². The van der Waals surface area contributed by atoms with Crippen LogP contribution in [0.2, 0.25) is 0 Å². The minimum atomic E-state index is -0.831. The van der Waals surface area contributed by atoms with Crippen LogP contribution in [0.5, 0.6) is 0 Å². The zero-order valence-electron chi connectivity index (χ0n) is 18.5. The summed E-state index contributed by atoms with van der Waals surface area (Å²) >= 11 is 0. The van der Waals surface area contributed by atoms with Gasteiger partial charge in [0, 0.05) is 6.54 Å².